The Kier molecular flexibility index (Phi) is 3.09. The summed E-state index contributed by atoms with van der Waals surface area (Å²) in [4.78, 5) is 0. The van der Waals surface area contributed by atoms with Crippen molar-refractivity contribution in [1.29, 1.82) is 0 Å². The van der Waals surface area contributed by atoms with Gasteiger partial charge < -0.3 is 9.88 Å². The number of hydrogen-bond donors (Lipinski definition) is 1. The molecule has 1 heterocycles. The van der Waals surface area contributed by atoms with Crippen LogP contribution in [0.3, 0.4) is 0 Å². The van der Waals surface area contributed by atoms with Crippen LogP contribution >= 0.6 is 11.6 Å². The van der Waals surface area contributed by atoms with E-state index in [0.29, 0.717) is 0 Å². The van der Waals surface area contributed by atoms with E-state index < -0.39 is 0 Å². The standard InChI is InChI=1S/C12H13ClN2/c1-14-9-12-3-2-8-15(12)11-6-4-10(13)5-7-11/h2-8,14H,9H2,1H3. The number of hydrogen-bond acceptors (Lipinski definition) is 1. The van der Waals surface area contributed by atoms with Crippen LogP contribution in [0.1, 0.15) is 5.69 Å². The van der Waals surface area contributed by atoms with Gasteiger partial charge in [-0.3, -0.25) is 0 Å². The quantitative estimate of drug-likeness (QED) is 0.842. The van der Waals surface area contributed by atoms with Crippen molar-refractivity contribution in [3.63, 3.8) is 0 Å². The summed E-state index contributed by atoms with van der Waals surface area (Å²) in [5.74, 6) is 0. The van der Waals surface area contributed by atoms with E-state index in [-0.39, 0.29) is 0 Å². The second-order valence-electron chi connectivity index (χ2n) is 3.38. The molecular formula is C12H13ClN2. The monoisotopic (exact) mass is 220 g/mol. The zero-order valence-electron chi connectivity index (χ0n) is 8.57. The first-order valence-electron chi connectivity index (χ1n) is 4.88. The highest BCUT2D eigenvalue weighted by atomic mass is 35.5. The summed E-state index contributed by atoms with van der Waals surface area (Å²) in [6, 6.07) is 12.0. The van der Waals surface area contributed by atoms with Crippen molar-refractivity contribution in [2.24, 2.45) is 0 Å². The van der Waals surface area contributed by atoms with Crippen molar-refractivity contribution in [1.82, 2.24) is 9.88 Å². The molecule has 0 unspecified atom stereocenters. The fraction of sp³-hybridized carbons (Fsp3) is 0.167. The van der Waals surface area contributed by atoms with Gasteiger partial charge in [-0.25, -0.2) is 0 Å². The number of nitrogens with one attached hydrogen (secondary N) is 1. The Labute approximate surface area is 94.5 Å². The van der Waals surface area contributed by atoms with E-state index in [9.17, 15) is 0 Å². The van der Waals surface area contributed by atoms with Gasteiger partial charge >= 0.3 is 0 Å². The maximum atomic E-state index is 5.85. The van der Waals surface area contributed by atoms with Crippen LogP contribution in [-0.2, 0) is 6.54 Å². The van der Waals surface area contributed by atoms with Gasteiger partial charge in [0.1, 0.15) is 0 Å². The van der Waals surface area contributed by atoms with Crippen molar-refractivity contribution < 1.29 is 0 Å². The van der Waals surface area contributed by atoms with Gasteiger partial charge in [-0.1, -0.05) is 11.6 Å². The number of rotatable bonds is 3. The lowest BCUT2D eigenvalue weighted by Gasteiger charge is -2.08. The van der Waals surface area contributed by atoms with Gasteiger partial charge in [0.05, 0.1) is 0 Å². The molecule has 1 aromatic heterocycles. The van der Waals surface area contributed by atoms with Gasteiger partial charge in [-0.05, 0) is 43.4 Å². The largest absolute Gasteiger partial charge is 0.320 e. The molecule has 15 heavy (non-hydrogen) atoms. The Morgan fingerprint density at radius 2 is 1.93 bits per heavy atom. The number of benzene rings is 1. The Morgan fingerprint density at radius 3 is 2.60 bits per heavy atom. The topological polar surface area (TPSA) is 17.0 Å². The van der Waals surface area contributed by atoms with Crippen LogP contribution in [0.5, 0.6) is 0 Å². The third-order valence-electron chi connectivity index (χ3n) is 2.30. The summed E-state index contributed by atoms with van der Waals surface area (Å²) in [5, 5.41) is 3.91. The Bertz CT molecular complexity index is 431. The molecule has 0 aliphatic carbocycles. The lowest BCUT2D eigenvalue weighted by atomic mass is 10.3. The molecule has 2 aromatic rings. The minimum Gasteiger partial charge on any atom is -0.320 e. The summed E-state index contributed by atoms with van der Waals surface area (Å²) < 4.78 is 2.15. The van der Waals surface area contributed by atoms with Crippen molar-refractivity contribution in [2.75, 3.05) is 7.05 Å². The van der Waals surface area contributed by atoms with E-state index >= 15 is 0 Å². The van der Waals surface area contributed by atoms with Crippen molar-refractivity contribution in [2.45, 2.75) is 6.54 Å². The molecule has 0 fully saturated rings. The molecule has 0 radical (unpaired) electrons. The van der Waals surface area contributed by atoms with Crippen LogP contribution in [0.15, 0.2) is 42.6 Å². The fourth-order valence-electron chi connectivity index (χ4n) is 1.60. The molecule has 0 saturated carbocycles. The highest BCUT2D eigenvalue weighted by Crippen LogP contribution is 2.15. The fourth-order valence-corrected chi connectivity index (χ4v) is 1.72. The molecule has 0 aliphatic heterocycles. The van der Waals surface area contributed by atoms with Crippen LogP contribution in [0.2, 0.25) is 5.02 Å². The summed E-state index contributed by atoms with van der Waals surface area (Å²) in [6.45, 7) is 0.857. The number of halogens is 1. The second-order valence-corrected chi connectivity index (χ2v) is 3.81. The molecule has 0 bridgehead atoms. The maximum absolute atomic E-state index is 5.85. The lowest BCUT2D eigenvalue weighted by molar-refractivity contribution is 0.768. The zero-order chi connectivity index (χ0) is 10.7. The summed E-state index contributed by atoms with van der Waals surface area (Å²) in [7, 11) is 1.94. The Hall–Kier alpha value is -1.25. The van der Waals surface area contributed by atoms with E-state index in [4.69, 9.17) is 11.6 Å². The molecule has 0 saturated heterocycles. The van der Waals surface area contributed by atoms with Gasteiger partial charge in [0.2, 0.25) is 0 Å². The van der Waals surface area contributed by atoms with Crippen LogP contribution in [-0.4, -0.2) is 11.6 Å². The Morgan fingerprint density at radius 1 is 1.20 bits per heavy atom. The molecular weight excluding hydrogens is 208 g/mol. The molecule has 0 spiro atoms. The smallest absolute Gasteiger partial charge is 0.0453 e. The minimum absolute atomic E-state index is 0.765. The molecule has 3 heteroatoms. The number of aromatic nitrogens is 1. The first kappa shape index (κ1) is 10.3. The summed E-state index contributed by atoms with van der Waals surface area (Å²) in [5.41, 5.74) is 2.37. The number of nitrogens with zero attached hydrogens (tertiary/aromatic N) is 1. The van der Waals surface area contributed by atoms with Crippen molar-refractivity contribution in [3.8, 4) is 5.69 Å². The van der Waals surface area contributed by atoms with Crippen molar-refractivity contribution >= 4 is 11.6 Å². The molecule has 0 aliphatic rings. The molecule has 0 atom stereocenters. The first-order chi connectivity index (χ1) is 7.31. The van der Waals surface area contributed by atoms with Crippen LogP contribution in [0.25, 0.3) is 5.69 Å². The van der Waals surface area contributed by atoms with Crippen molar-refractivity contribution in [3.05, 3.63) is 53.3 Å². The third-order valence-corrected chi connectivity index (χ3v) is 2.55. The molecule has 2 rings (SSSR count). The predicted octanol–water partition coefficient (Wildman–Crippen LogP) is 2.85. The maximum Gasteiger partial charge on any atom is 0.0453 e. The van der Waals surface area contributed by atoms with Crippen LogP contribution in [0.4, 0.5) is 0 Å². The summed E-state index contributed by atoms with van der Waals surface area (Å²) in [6.07, 6.45) is 2.05. The molecule has 78 valence electrons. The summed E-state index contributed by atoms with van der Waals surface area (Å²) >= 11 is 5.85. The molecule has 1 N–H and O–H groups in total. The lowest BCUT2D eigenvalue weighted by Crippen LogP contribution is -2.09. The normalized spacial score (nSPS) is 10.5. The second kappa shape index (κ2) is 4.51. The van der Waals surface area contributed by atoms with E-state index in [0.717, 1.165) is 17.3 Å². The van der Waals surface area contributed by atoms with Gasteiger partial charge in [-0.2, -0.15) is 0 Å². The van der Waals surface area contributed by atoms with Gasteiger partial charge in [0.25, 0.3) is 0 Å². The highest BCUT2D eigenvalue weighted by molar-refractivity contribution is 6.30. The van der Waals surface area contributed by atoms with Crippen LogP contribution in [0, 0.1) is 0 Å². The van der Waals surface area contributed by atoms with E-state index in [1.54, 1.807) is 0 Å². The molecule has 1 aromatic carbocycles. The Balaban J connectivity index is 2.36. The zero-order valence-corrected chi connectivity index (χ0v) is 9.33. The minimum atomic E-state index is 0.765. The van der Waals surface area contributed by atoms with Gasteiger partial charge in [0, 0.05) is 29.1 Å². The highest BCUT2D eigenvalue weighted by Gasteiger charge is 2.01. The van der Waals surface area contributed by atoms with E-state index in [2.05, 4.69) is 22.1 Å². The van der Waals surface area contributed by atoms with E-state index in [1.165, 1.54) is 5.69 Å². The van der Waals surface area contributed by atoms with Gasteiger partial charge in [-0.15, -0.1) is 0 Å². The third kappa shape index (κ3) is 2.22. The first-order valence-corrected chi connectivity index (χ1v) is 5.26. The molecule has 2 nitrogen and oxygen atoms in total. The average molecular weight is 221 g/mol. The predicted molar refractivity (Wildman–Crippen MR) is 63.5 cm³/mol. The van der Waals surface area contributed by atoms with Crippen LogP contribution < -0.4 is 5.32 Å². The SMILES string of the molecule is CNCc1cccn1-c1ccc(Cl)cc1. The average Bonchev–Trinajstić information content (AvgIpc) is 2.68. The van der Waals surface area contributed by atoms with E-state index in [1.807, 2.05) is 37.4 Å². The molecule has 0 amide bonds. The van der Waals surface area contributed by atoms with Gasteiger partial charge in [0.15, 0.2) is 0 Å².